The molecule has 0 bridgehead atoms. The Hall–Kier alpha value is 0.230. The van der Waals surface area contributed by atoms with Crippen LogP contribution in [-0.2, 0) is 11.4 Å². The van der Waals surface area contributed by atoms with Crippen LogP contribution >= 0.6 is 0 Å². The number of hydrogen-bond donors (Lipinski definition) is 2. The summed E-state index contributed by atoms with van der Waals surface area (Å²) < 4.78 is 15.2. The highest BCUT2D eigenvalue weighted by atomic mass is 32.2. The quantitative estimate of drug-likeness (QED) is 0.523. The van der Waals surface area contributed by atoms with Crippen molar-refractivity contribution in [1.29, 1.82) is 0 Å². The van der Waals surface area contributed by atoms with E-state index >= 15 is 0 Å². The van der Waals surface area contributed by atoms with Crippen LogP contribution in [-0.4, -0.2) is 26.6 Å². The maximum atomic E-state index is 12.1. The maximum absolute atomic E-state index is 12.1. The first-order valence-corrected chi connectivity index (χ1v) is 7.71. The van der Waals surface area contributed by atoms with Gasteiger partial charge in [-0.25, -0.2) is 0 Å². The third-order valence-electron chi connectivity index (χ3n) is 2.83. The summed E-state index contributed by atoms with van der Waals surface area (Å²) in [5.41, 5.74) is -0.0813. The fourth-order valence-corrected chi connectivity index (χ4v) is 2.74. The molecule has 0 fully saturated rings. The van der Waals surface area contributed by atoms with E-state index in [0.717, 1.165) is 32.1 Å². The number of aliphatic hydroxyl groups is 1. The van der Waals surface area contributed by atoms with Gasteiger partial charge in [0.1, 0.15) is 4.75 Å². The summed E-state index contributed by atoms with van der Waals surface area (Å²) in [4.78, 5) is 0. The zero-order chi connectivity index (χ0) is 13.5. The highest BCUT2D eigenvalue weighted by molar-refractivity contribution is 7.90. The number of aliphatic hydroxyl groups excluding tert-OH is 1. The second kappa shape index (κ2) is 7.62. The molecular weight excluding hydrogens is 234 g/mol. The molecule has 0 saturated heterocycles. The van der Waals surface area contributed by atoms with Crippen molar-refractivity contribution in [3.63, 3.8) is 0 Å². The summed E-state index contributed by atoms with van der Waals surface area (Å²) in [6, 6.07) is 0. The van der Waals surface area contributed by atoms with Gasteiger partial charge < -0.3 is 9.66 Å². The molecule has 0 aliphatic carbocycles. The number of nitrogens with one attached hydrogen (secondary N) is 1. The van der Waals surface area contributed by atoms with Gasteiger partial charge in [0.2, 0.25) is 0 Å². The first-order valence-electron chi connectivity index (χ1n) is 6.56. The van der Waals surface area contributed by atoms with E-state index in [-0.39, 0.29) is 16.9 Å². The Bertz CT molecular complexity index is 206. The Morgan fingerprint density at radius 3 is 2.12 bits per heavy atom. The van der Waals surface area contributed by atoms with E-state index in [9.17, 15) is 4.55 Å². The van der Waals surface area contributed by atoms with Crippen LogP contribution in [0.15, 0.2) is 0 Å². The Balaban J connectivity index is 4.38. The number of rotatable bonds is 8. The minimum Gasteiger partial charge on any atom is -0.598 e. The van der Waals surface area contributed by atoms with Crippen LogP contribution in [0.4, 0.5) is 0 Å². The van der Waals surface area contributed by atoms with Gasteiger partial charge in [-0.2, -0.15) is 0 Å². The second-order valence-corrected chi connectivity index (χ2v) is 7.94. The van der Waals surface area contributed by atoms with Crippen molar-refractivity contribution in [3.8, 4) is 0 Å². The lowest BCUT2D eigenvalue weighted by molar-refractivity contribution is 0.267. The first kappa shape index (κ1) is 17.2. The molecule has 0 rings (SSSR count). The van der Waals surface area contributed by atoms with Gasteiger partial charge in [0.25, 0.3) is 0 Å². The predicted molar refractivity (Wildman–Crippen MR) is 75.3 cm³/mol. The normalized spacial score (nSPS) is 17.8. The molecule has 2 atom stereocenters. The molecular formula is C13H29NO2S. The summed E-state index contributed by atoms with van der Waals surface area (Å²) in [5.74, 6) is 0. The van der Waals surface area contributed by atoms with Crippen LogP contribution in [0.2, 0.25) is 0 Å². The monoisotopic (exact) mass is 263 g/mol. The third kappa shape index (κ3) is 7.29. The highest BCUT2D eigenvalue weighted by Crippen LogP contribution is 2.24. The van der Waals surface area contributed by atoms with Gasteiger partial charge >= 0.3 is 0 Å². The van der Waals surface area contributed by atoms with Crippen molar-refractivity contribution in [3.05, 3.63) is 0 Å². The van der Waals surface area contributed by atoms with E-state index in [1.54, 1.807) is 0 Å². The molecule has 0 aromatic heterocycles. The SMILES string of the molecule is CCCC(C)(CCCCO)N[S+]([O-])C(C)(C)C. The molecule has 0 aliphatic rings. The zero-order valence-electron chi connectivity index (χ0n) is 12.0. The molecule has 0 spiro atoms. The van der Waals surface area contributed by atoms with E-state index in [2.05, 4.69) is 18.6 Å². The molecule has 104 valence electrons. The summed E-state index contributed by atoms with van der Waals surface area (Å²) in [7, 11) is 0. The third-order valence-corrected chi connectivity index (χ3v) is 4.62. The molecule has 0 amide bonds. The van der Waals surface area contributed by atoms with Crippen molar-refractivity contribution in [2.24, 2.45) is 0 Å². The van der Waals surface area contributed by atoms with Gasteiger partial charge in [0.15, 0.2) is 0 Å². The van der Waals surface area contributed by atoms with Gasteiger partial charge in [-0.3, -0.25) is 0 Å². The van der Waals surface area contributed by atoms with E-state index in [1.165, 1.54) is 0 Å². The molecule has 3 nitrogen and oxygen atoms in total. The van der Waals surface area contributed by atoms with Crippen LogP contribution < -0.4 is 4.72 Å². The van der Waals surface area contributed by atoms with E-state index < -0.39 is 11.4 Å². The van der Waals surface area contributed by atoms with Crippen LogP contribution in [0.25, 0.3) is 0 Å². The molecule has 0 heterocycles. The zero-order valence-corrected chi connectivity index (χ0v) is 12.8. The molecule has 17 heavy (non-hydrogen) atoms. The lowest BCUT2D eigenvalue weighted by atomic mass is 9.91. The molecule has 0 aromatic carbocycles. The highest BCUT2D eigenvalue weighted by Gasteiger charge is 2.34. The summed E-state index contributed by atoms with van der Waals surface area (Å²) in [5, 5.41) is 8.82. The molecule has 2 unspecified atom stereocenters. The minimum atomic E-state index is -1.03. The van der Waals surface area contributed by atoms with Crippen LogP contribution in [0, 0.1) is 0 Å². The van der Waals surface area contributed by atoms with Crippen LogP contribution in [0.5, 0.6) is 0 Å². The van der Waals surface area contributed by atoms with E-state index in [0.29, 0.717) is 0 Å². The van der Waals surface area contributed by atoms with E-state index in [4.69, 9.17) is 5.11 Å². The Kier molecular flexibility index (Phi) is 7.72. The molecule has 0 saturated carbocycles. The summed E-state index contributed by atoms with van der Waals surface area (Å²) in [6.07, 6.45) is 4.85. The van der Waals surface area contributed by atoms with Crippen LogP contribution in [0.1, 0.15) is 66.7 Å². The predicted octanol–water partition coefficient (Wildman–Crippen LogP) is 2.76. The number of unbranched alkanes of at least 4 members (excludes halogenated alkanes) is 1. The smallest absolute Gasteiger partial charge is 0.136 e. The van der Waals surface area contributed by atoms with Gasteiger partial charge in [-0.05, 0) is 53.4 Å². The lowest BCUT2D eigenvalue weighted by Gasteiger charge is -2.35. The molecule has 4 heteroatoms. The average Bonchev–Trinajstić information content (AvgIpc) is 2.16. The van der Waals surface area contributed by atoms with Crippen molar-refractivity contribution in [2.75, 3.05) is 6.61 Å². The number of hydrogen-bond acceptors (Lipinski definition) is 3. The molecule has 2 N–H and O–H groups in total. The fourth-order valence-electron chi connectivity index (χ4n) is 1.78. The summed E-state index contributed by atoms with van der Waals surface area (Å²) in [6.45, 7) is 10.5. The Morgan fingerprint density at radius 2 is 1.71 bits per heavy atom. The van der Waals surface area contributed by atoms with Crippen molar-refractivity contribution < 1.29 is 9.66 Å². The molecule has 0 aliphatic heterocycles. The molecule has 0 radical (unpaired) electrons. The first-order chi connectivity index (χ1) is 7.75. The van der Waals surface area contributed by atoms with Crippen molar-refractivity contribution in [1.82, 2.24) is 4.72 Å². The Morgan fingerprint density at radius 1 is 1.12 bits per heavy atom. The lowest BCUT2D eigenvalue weighted by Crippen LogP contribution is -2.51. The van der Waals surface area contributed by atoms with Gasteiger partial charge in [-0.15, -0.1) is 4.72 Å². The fraction of sp³-hybridized carbons (Fsp3) is 1.00. The minimum absolute atomic E-state index is 0.0813. The van der Waals surface area contributed by atoms with Crippen LogP contribution in [0.3, 0.4) is 0 Å². The second-order valence-electron chi connectivity index (χ2n) is 5.97. The van der Waals surface area contributed by atoms with Gasteiger partial charge in [-0.1, -0.05) is 13.3 Å². The van der Waals surface area contributed by atoms with Gasteiger partial charge in [0, 0.05) is 18.0 Å². The van der Waals surface area contributed by atoms with E-state index in [1.807, 2.05) is 20.8 Å². The summed E-state index contributed by atoms with van der Waals surface area (Å²) >= 11 is -1.03. The maximum Gasteiger partial charge on any atom is 0.136 e. The van der Waals surface area contributed by atoms with Crippen molar-refractivity contribution in [2.45, 2.75) is 77.0 Å². The van der Waals surface area contributed by atoms with Gasteiger partial charge in [0.05, 0.1) is 5.54 Å². The van der Waals surface area contributed by atoms with Crippen molar-refractivity contribution >= 4 is 11.4 Å². The average molecular weight is 263 g/mol. The standard InChI is InChI=1S/C13H29NO2S/c1-6-9-13(5,10-7-8-11-15)14-17(16)12(2,3)4/h14-15H,6-11H2,1-5H3. The topological polar surface area (TPSA) is 55.3 Å². The Labute approximate surface area is 110 Å². The molecule has 0 aromatic rings. The largest absolute Gasteiger partial charge is 0.598 e.